The lowest BCUT2D eigenvalue weighted by Crippen LogP contribution is -2.40. The van der Waals surface area contributed by atoms with Crippen molar-refractivity contribution >= 4 is 23.3 Å². The second-order valence-electron chi connectivity index (χ2n) is 6.18. The molecule has 0 saturated carbocycles. The predicted octanol–water partition coefficient (Wildman–Crippen LogP) is 4.75. The summed E-state index contributed by atoms with van der Waals surface area (Å²) in [5.41, 5.74) is 3.50. The first-order valence-corrected chi connectivity index (χ1v) is 8.79. The minimum absolute atomic E-state index is 0.0329. The van der Waals surface area contributed by atoms with Crippen LogP contribution in [0.1, 0.15) is 38.7 Å². The van der Waals surface area contributed by atoms with Crippen LogP contribution in [0.2, 0.25) is 5.02 Å². The van der Waals surface area contributed by atoms with E-state index in [4.69, 9.17) is 16.3 Å². The van der Waals surface area contributed by atoms with E-state index in [-0.39, 0.29) is 11.9 Å². The Kier molecular flexibility index (Phi) is 4.64. The molecule has 1 aliphatic heterocycles. The van der Waals surface area contributed by atoms with E-state index in [2.05, 4.69) is 31.0 Å². The summed E-state index contributed by atoms with van der Waals surface area (Å²) in [6, 6.07) is 7.48. The number of aliphatic imine (C=N–C) groups is 1. The maximum atomic E-state index is 12.7. The predicted molar refractivity (Wildman–Crippen MR) is 97.6 cm³/mol. The SMILES string of the molecule is CCC(CC)=C1C=CCC1C1(C(=O)OC)N=C1c1ccc(Cl)cc1. The Morgan fingerprint density at radius 2 is 1.96 bits per heavy atom. The number of halogens is 1. The molecule has 0 fully saturated rings. The molecular formula is C20H22ClNO2. The Balaban J connectivity index is 2.00. The molecule has 2 unspecified atom stereocenters. The lowest BCUT2D eigenvalue weighted by molar-refractivity contribution is -0.144. The molecule has 1 heterocycles. The Morgan fingerprint density at radius 3 is 2.54 bits per heavy atom. The van der Waals surface area contributed by atoms with Crippen LogP contribution in [-0.2, 0) is 9.53 Å². The normalized spacial score (nSPS) is 24.8. The van der Waals surface area contributed by atoms with Crippen LogP contribution in [0.25, 0.3) is 0 Å². The quantitative estimate of drug-likeness (QED) is 0.724. The second-order valence-corrected chi connectivity index (χ2v) is 6.62. The summed E-state index contributed by atoms with van der Waals surface area (Å²) in [5.74, 6) is -0.240. The zero-order valence-electron chi connectivity index (χ0n) is 14.3. The molecule has 2 atom stereocenters. The van der Waals surface area contributed by atoms with Gasteiger partial charge >= 0.3 is 5.97 Å². The molecule has 126 valence electrons. The molecule has 0 spiro atoms. The third kappa shape index (κ3) is 2.61. The van der Waals surface area contributed by atoms with E-state index in [9.17, 15) is 4.79 Å². The van der Waals surface area contributed by atoms with E-state index in [1.807, 2.05) is 24.3 Å². The first-order valence-electron chi connectivity index (χ1n) is 8.41. The fourth-order valence-electron chi connectivity index (χ4n) is 3.72. The van der Waals surface area contributed by atoms with Gasteiger partial charge in [0, 0.05) is 10.9 Å². The molecule has 3 nitrogen and oxygen atoms in total. The highest BCUT2D eigenvalue weighted by atomic mass is 35.5. The number of hydrogen-bond donors (Lipinski definition) is 0. The van der Waals surface area contributed by atoms with Crippen molar-refractivity contribution in [1.29, 1.82) is 0 Å². The van der Waals surface area contributed by atoms with Gasteiger partial charge in [-0.25, -0.2) is 4.79 Å². The van der Waals surface area contributed by atoms with Crippen LogP contribution < -0.4 is 0 Å². The monoisotopic (exact) mass is 343 g/mol. The minimum Gasteiger partial charge on any atom is -0.467 e. The van der Waals surface area contributed by atoms with Crippen LogP contribution in [0.15, 0.2) is 52.6 Å². The molecule has 2 aliphatic rings. The standard InChI is InChI=1S/C20H22ClNO2/c1-4-13(5-2)16-7-6-8-17(16)20(19(23)24-3)18(22-20)14-9-11-15(21)12-10-14/h6-7,9-12,17H,4-5,8H2,1-3H3. The van der Waals surface area contributed by atoms with Crippen LogP contribution in [0.5, 0.6) is 0 Å². The smallest absolute Gasteiger partial charge is 0.340 e. The molecule has 1 aliphatic carbocycles. The van der Waals surface area contributed by atoms with E-state index in [1.54, 1.807) is 0 Å². The van der Waals surface area contributed by atoms with E-state index in [0.717, 1.165) is 30.5 Å². The molecule has 0 amide bonds. The molecule has 0 bridgehead atoms. The molecule has 4 heteroatoms. The summed E-state index contributed by atoms with van der Waals surface area (Å²) in [7, 11) is 1.43. The fraction of sp³-hybridized carbons (Fsp3) is 0.400. The van der Waals surface area contributed by atoms with Gasteiger partial charge in [0.05, 0.1) is 12.8 Å². The summed E-state index contributed by atoms with van der Waals surface area (Å²) in [5, 5.41) is 0.672. The van der Waals surface area contributed by atoms with E-state index in [1.165, 1.54) is 18.3 Å². The molecule has 0 aromatic heterocycles. The van der Waals surface area contributed by atoms with Gasteiger partial charge in [-0.05, 0) is 42.5 Å². The summed E-state index contributed by atoms with van der Waals surface area (Å²) >= 11 is 5.98. The Bertz CT molecular complexity index is 739. The molecule has 3 rings (SSSR count). The number of allylic oxidation sites excluding steroid dienone is 3. The maximum absolute atomic E-state index is 12.7. The number of rotatable bonds is 5. The number of ether oxygens (including phenoxy) is 1. The number of carbonyl (C=O) groups excluding carboxylic acids is 1. The lowest BCUT2D eigenvalue weighted by atomic mass is 9.78. The van der Waals surface area contributed by atoms with Crippen LogP contribution in [0.3, 0.4) is 0 Å². The lowest BCUT2D eigenvalue weighted by Gasteiger charge is -2.24. The number of methoxy groups -OCH3 is 1. The van der Waals surface area contributed by atoms with Gasteiger partial charge in [0.15, 0.2) is 0 Å². The van der Waals surface area contributed by atoms with Gasteiger partial charge in [-0.3, -0.25) is 4.99 Å². The average Bonchev–Trinajstić information content (AvgIpc) is 3.17. The number of esters is 1. The summed E-state index contributed by atoms with van der Waals surface area (Å²) in [6.07, 6.45) is 7.09. The molecule has 0 N–H and O–H groups in total. The number of hydrogen-bond acceptors (Lipinski definition) is 3. The van der Waals surface area contributed by atoms with E-state index >= 15 is 0 Å². The number of benzene rings is 1. The molecule has 0 saturated heterocycles. The largest absolute Gasteiger partial charge is 0.467 e. The van der Waals surface area contributed by atoms with Crippen molar-refractivity contribution in [3.8, 4) is 0 Å². The molecule has 1 aromatic rings. The van der Waals surface area contributed by atoms with Crippen LogP contribution in [-0.4, -0.2) is 24.3 Å². The van der Waals surface area contributed by atoms with Gasteiger partial charge in [0.2, 0.25) is 5.54 Å². The summed E-state index contributed by atoms with van der Waals surface area (Å²) < 4.78 is 5.13. The zero-order chi connectivity index (χ0) is 17.3. The van der Waals surface area contributed by atoms with Gasteiger partial charge in [-0.2, -0.15) is 0 Å². The third-order valence-electron chi connectivity index (χ3n) is 5.02. The molecule has 1 aromatic carbocycles. The second kappa shape index (κ2) is 6.56. The van der Waals surface area contributed by atoms with Gasteiger partial charge in [-0.1, -0.05) is 55.3 Å². The van der Waals surface area contributed by atoms with Gasteiger partial charge in [0.25, 0.3) is 0 Å². The van der Waals surface area contributed by atoms with Crippen LogP contribution in [0.4, 0.5) is 0 Å². The van der Waals surface area contributed by atoms with E-state index < -0.39 is 5.54 Å². The molecule has 0 radical (unpaired) electrons. The average molecular weight is 344 g/mol. The zero-order valence-corrected chi connectivity index (χ0v) is 15.1. The van der Waals surface area contributed by atoms with Crippen molar-refractivity contribution in [2.24, 2.45) is 10.9 Å². The highest BCUT2D eigenvalue weighted by Crippen LogP contribution is 2.49. The molecule has 24 heavy (non-hydrogen) atoms. The van der Waals surface area contributed by atoms with Crippen molar-refractivity contribution < 1.29 is 9.53 Å². The Hall–Kier alpha value is -1.87. The maximum Gasteiger partial charge on any atom is 0.340 e. The van der Waals surface area contributed by atoms with Crippen molar-refractivity contribution in [3.05, 3.63) is 58.1 Å². The van der Waals surface area contributed by atoms with E-state index in [0.29, 0.717) is 5.02 Å². The minimum atomic E-state index is -0.878. The van der Waals surface area contributed by atoms with Crippen molar-refractivity contribution in [2.45, 2.75) is 38.6 Å². The van der Waals surface area contributed by atoms with Crippen LogP contribution >= 0.6 is 11.6 Å². The highest BCUT2D eigenvalue weighted by Gasteiger charge is 2.62. The molecular weight excluding hydrogens is 322 g/mol. The Morgan fingerprint density at radius 1 is 1.29 bits per heavy atom. The van der Waals surface area contributed by atoms with Crippen molar-refractivity contribution in [2.75, 3.05) is 7.11 Å². The number of carbonyl (C=O) groups is 1. The third-order valence-corrected chi connectivity index (χ3v) is 5.28. The fourth-order valence-corrected chi connectivity index (χ4v) is 3.84. The van der Waals surface area contributed by atoms with Crippen LogP contribution in [0, 0.1) is 5.92 Å². The first kappa shape index (κ1) is 17.0. The number of nitrogens with zero attached hydrogens (tertiary/aromatic N) is 1. The van der Waals surface area contributed by atoms with Gasteiger partial charge in [-0.15, -0.1) is 0 Å². The topological polar surface area (TPSA) is 38.7 Å². The van der Waals surface area contributed by atoms with Crippen molar-refractivity contribution in [3.63, 3.8) is 0 Å². The van der Waals surface area contributed by atoms with Gasteiger partial charge < -0.3 is 4.74 Å². The first-order chi connectivity index (χ1) is 11.6. The summed E-state index contributed by atoms with van der Waals surface area (Å²) in [4.78, 5) is 17.3. The Labute approximate surface area is 148 Å². The van der Waals surface area contributed by atoms with Crippen molar-refractivity contribution in [1.82, 2.24) is 0 Å². The van der Waals surface area contributed by atoms with Gasteiger partial charge in [0.1, 0.15) is 0 Å². The summed E-state index contributed by atoms with van der Waals surface area (Å²) in [6.45, 7) is 4.32. The highest BCUT2D eigenvalue weighted by molar-refractivity contribution is 6.32.